The van der Waals surface area contributed by atoms with E-state index in [-0.39, 0.29) is 25.6 Å². The molecule has 0 aliphatic heterocycles. The van der Waals surface area contributed by atoms with Gasteiger partial charge in [-0.15, -0.1) is 0 Å². The van der Waals surface area contributed by atoms with Gasteiger partial charge in [-0.25, -0.2) is 4.79 Å². The summed E-state index contributed by atoms with van der Waals surface area (Å²) in [5.41, 5.74) is 2.31. The molecule has 102 valence electrons. The molecular weight excluding hydrogens is 244 g/mol. The Labute approximate surface area is 113 Å². The molecule has 1 aromatic rings. The lowest BCUT2D eigenvalue weighted by Gasteiger charge is -2.07. The Kier molecular flexibility index (Phi) is 5.79. The standard InChI is InChI=1S/C15H18O4/c1-11(2)15(17)19-9-8-18-14(16)10-13-7-5-4-6-12(13)3/h4-7H,1,8-10H2,2-3H3. The molecule has 0 spiro atoms. The van der Waals surface area contributed by atoms with E-state index < -0.39 is 5.97 Å². The van der Waals surface area contributed by atoms with Crippen molar-refractivity contribution in [2.24, 2.45) is 0 Å². The van der Waals surface area contributed by atoms with Gasteiger partial charge in [0, 0.05) is 5.57 Å². The number of aryl methyl sites for hydroxylation is 1. The quantitative estimate of drug-likeness (QED) is 0.448. The van der Waals surface area contributed by atoms with Crippen LogP contribution in [0.1, 0.15) is 18.1 Å². The number of hydrogen-bond donors (Lipinski definition) is 0. The Morgan fingerprint density at radius 2 is 1.79 bits per heavy atom. The van der Waals surface area contributed by atoms with Gasteiger partial charge in [-0.3, -0.25) is 4.79 Å². The molecule has 1 aromatic carbocycles. The third-order valence-corrected chi connectivity index (χ3v) is 2.52. The first kappa shape index (κ1) is 15.0. The third-order valence-electron chi connectivity index (χ3n) is 2.52. The summed E-state index contributed by atoms with van der Waals surface area (Å²) in [6.45, 7) is 7.06. The van der Waals surface area contributed by atoms with E-state index in [1.54, 1.807) is 6.92 Å². The molecule has 0 saturated carbocycles. The smallest absolute Gasteiger partial charge is 0.333 e. The molecule has 0 aromatic heterocycles. The predicted octanol–water partition coefficient (Wildman–Crippen LogP) is 2.20. The predicted molar refractivity (Wildman–Crippen MR) is 71.6 cm³/mol. The van der Waals surface area contributed by atoms with Crippen LogP contribution in [-0.2, 0) is 25.5 Å². The zero-order chi connectivity index (χ0) is 14.3. The topological polar surface area (TPSA) is 52.6 Å². The Hall–Kier alpha value is -2.10. The van der Waals surface area contributed by atoms with Crippen molar-refractivity contribution in [2.45, 2.75) is 20.3 Å². The van der Waals surface area contributed by atoms with Crippen molar-refractivity contribution >= 4 is 11.9 Å². The fourth-order valence-corrected chi connectivity index (χ4v) is 1.43. The number of carbonyl (C=O) groups excluding carboxylic acids is 2. The number of hydrogen-bond acceptors (Lipinski definition) is 4. The zero-order valence-electron chi connectivity index (χ0n) is 11.3. The van der Waals surface area contributed by atoms with Gasteiger partial charge in [-0.1, -0.05) is 30.8 Å². The summed E-state index contributed by atoms with van der Waals surface area (Å²) in [6, 6.07) is 7.63. The lowest BCUT2D eigenvalue weighted by atomic mass is 10.1. The number of ether oxygens (including phenoxy) is 2. The second-order valence-electron chi connectivity index (χ2n) is 4.24. The molecule has 0 radical (unpaired) electrons. The van der Waals surface area contributed by atoms with E-state index in [0.717, 1.165) is 11.1 Å². The third kappa shape index (κ3) is 5.38. The summed E-state index contributed by atoms with van der Waals surface area (Å²) < 4.78 is 9.80. The Balaban J connectivity index is 2.27. The van der Waals surface area contributed by atoms with Crippen LogP contribution in [0.4, 0.5) is 0 Å². The Morgan fingerprint density at radius 1 is 1.16 bits per heavy atom. The van der Waals surface area contributed by atoms with Crippen molar-refractivity contribution in [3.8, 4) is 0 Å². The van der Waals surface area contributed by atoms with Crippen LogP contribution in [-0.4, -0.2) is 25.2 Å². The SMILES string of the molecule is C=C(C)C(=O)OCCOC(=O)Cc1ccccc1C. The summed E-state index contributed by atoms with van der Waals surface area (Å²) in [5, 5.41) is 0. The van der Waals surface area contributed by atoms with Gasteiger partial charge >= 0.3 is 11.9 Å². The summed E-state index contributed by atoms with van der Waals surface area (Å²) in [4.78, 5) is 22.6. The average molecular weight is 262 g/mol. The highest BCUT2D eigenvalue weighted by atomic mass is 16.6. The van der Waals surface area contributed by atoms with Gasteiger partial charge in [-0.05, 0) is 25.0 Å². The van der Waals surface area contributed by atoms with Crippen LogP contribution in [0.2, 0.25) is 0 Å². The number of rotatable bonds is 6. The lowest BCUT2D eigenvalue weighted by Crippen LogP contribution is -2.15. The fraction of sp³-hybridized carbons (Fsp3) is 0.333. The molecule has 1 rings (SSSR count). The molecule has 0 amide bonds. The van der Waals surface area contributed by atoms with E-state index in [1.165, 1.54) is 0 Å². The van der Waals surface area contributed by atoms with Crippen LogP contribution in [0.3, 0.4) is 0 Å². The van der Waals surface area contributed by atoms with E-state index in [4.69, 9.17) is 9.47 Å². The molecular formula is C15H18O4. The summed E-state index contributed by atoms with van der Waals surface area (Å²) in [5.74, 6) is -0.810. The van der Waals surface area contributed by atoms with Crippen LogP contribution in [0, 0.1) is 6.92 Å². The molecule has 0 unspecified atom stereocenters. The van der Waals surface area contributed by atoms with Crippen LogP contribution < -0.4 is 0 Å². The summed E-state index contributed by atoms with van der Waals surface area (Å²) in [7, 11) is 0. The molecule has 0 heterocycles. The monoisotopic (exact) mass is 262 g/mol. The number of benzene rings is 1. The second kappa shape index (κ2) is 7.36. The minimum atomic E-state index is -0.477. The van der Waals surface area contributed by atoms with Crippen molar-refractivity contribution in [1.29, 1.82) is 0 Å². The molecule has 0 N–H and O–H groups in total. The minimum Gasteiger partial charge on any atom is -0.462 e. The van der Waals surface area contributed by atoms with Crippen LogP contribution >= 0.6 is 0 Å². The molecule has 0 aliphatic rings. The average Bonchev–Trinajstić information content (AvgIpc) is 2.37. The van der Waals surface area contributed by atoms with Gasteiger partial charge in [0.25, 0.3) is 0 Å². The molecule has 4 heteroatoms. The van der Waals surface area contributed by atoms with Gasteiger partial charge in [0.2, 0.25) is 0 Å². The van der Waals surface area contributed by atoms with Crippen molar-refractivity contribution in [3.05, 3.63) is 47.5 Å². The highest BCUT2D eigenvalue weighted by Gasteiger charge is 2.07. The maximum atomic E-state index is 11.6. The number of esters is 2. The highest BCUT2D eigenvalue weighted by Crippen LogP contribution is 2.08. The van der Waals surface area contributed by atoms with Crippen molar-refractivity contribution < 1.29 is 19.1 Å². The molecule has 0 saturated heterocycles. The fourth-order valence-electron chi connectivity index (χ4n) is 1.43. The first-order valence-corrected chi connectivity index (χ1v) is 6.03. The largest absolute Gasteiger partial charge is 0.462 e. The Bertz CT molecular complexity index is 477. The first-order valence-electron chi connectivity index (χ1n) is 6.03. The van der Waals surface area contributed by atoms with Crippen molar-refractivity contribution in [2.75, 3.05) is 13.2 Å². The van der Waals surface area contributed by atoms with Gasteiger partial charge < -0.3 is 9.47 Å². The van der Waals surface area contributed by atoms with Crippen LogP contribution in [0.5, 0.6) is 0 Å². The number of carbonyl (C=O) groups is 2. The molecule has 0 fully saturated rings. The van der Waals surface area contributed by atoms with Gasteiger partial charge in [0.15, 0.2) is 0 Å². The summed E-state index contributed by atoms with van der Waals surface area (Å²) >= 11 is 0. The maximum Gasteiger partial charge on any atom is 0.333 e. The highest BCUT2D eigenvalue weighted by molar-refractivity contribution is 5.86. The minimum absolute atomic E-state index is 0.0468. The zero-order valence-corrected chi connectivity index (χ0v) is 11.3. The van der Waals surface area contributed by atoms with E-state index >= 15 is 0 Å². The molecule has 4 nitrogen and oxygen atoms in total. The van der Waals surface area contributed by atoms with E-state index in [1.807, 2.05) is 31.2 Å². The van der Waals surface area contributed by atoms with E-state index in [2.05, 4.69) is 6.58 Å². The normalized spacial score (nSPS) is 9.79. The van der Waals surface area contributed by atoms with Crippen molar-refractivity contribution in [3.63, 3.8) is 0 Å². The van der Waals surface area contributed by atoms with Gasteiger partial charge in [0.1, 0.15) is 13.2 Å². The Morgan fingerprint density at radius 3 is 2.42 bits per heavy atom. The summed E-state index contributed by atoms with van der Waals surface area (Å²) in [6.07, 6.45) is 0.223. The van der Waals surface area contributed by atoms with Gasteiger partial charge in [-0.2, -0.15) is 0 Å². The first-order chi connectivity index (χ1) is 9.00. The lowest BCUT2D eigenvalue weighted by molar-refractivity contribution is -0.149. The second-order valence-corrected chi connectivity index (χ2v) is 4.24. The van der Waals surface area contributed by atoms with Crippen LogP contribution in [0.25, 0.3) is 0 Å². The molecule has 0 aliphatic carbocycles. The molecule has 19 heavy (non-hydrogen) atoms. The molecule has 0 atom stereocenters. The van der Waals surface area contributed by atoms with Gasteiger partial charge in [0.05, 0.1) is 6.42 Å². The molecule has 0 bridgehead atoms. The van der Waals surface area contributed by atoms with E-state index in [9.17, 15) is 9.59 Å². The van der Waals surface area contributed by atoms with Crippen molar-refractivity contribution in [1.82, 2.24) is 0 Å². The van der Waals surface area contributed by atoms with E-state index in [0.29, 0.717) is 5.57 Å². The maximum absolute atomic E-state index is 11.6. The van der Waals surface area contributed by atoms with Crippen LogP contribution in [0.15, 0.2) is 36.4 Å².